The fraction of sp³-hybridized carbons (Fsp3) is 1.00. The van der Waals surface area contributed by atoms with Crippen LogP contribution in [0.25, 0.3) is 0 Å². The molecule has 1 aliphatic rings. The maximum absolute atomic E-state index is 3.46. The van der Waals surface area contributed by atoms with E-state index in [1.807, 2.05) is 0 Å². The lowest BCUT2D eigenvalue weighted by Gasteiger charge is -2.24. The van der Waals surface area contributed by atoms with E-state index in [-0.39, 0.29) is 0 Å². The highest BCUT2D eigenvalue weighted by molar-refractivity contribution is 4.64. The second kappa shape index (κ2) is 8.25. The summed E-state index contributed by atoms with van der Waals surface area (Å²) >= 11 is 0. The Balaban J connectivity index is 2.02. The topological polar surface area (TPSA) is 15.3 Å². The number of hydrogen-bond donors (Lipinski definition) is 1. The van der Waals surface area contributed by atoms with Crippen LogP contribution < -0.4 is 5.32 Å². The molecule has 1 fully saturated rings. The van der Waals surface area contributed by atoms with Gasteiger partial charge in [-0.3, -0.25) is 0 Å². The van der Waals surface area contributed by atoms with Crippen LogP contribution in [0.4, 0.5) is 0 Å². The van der Waals surface area contributed by atoms with Crippen molar-refractivity contribution in [1.82, 2.24) is 10.2 Å². The number of nitrogens with one attached hydrogen (secondary N) is 1. The zero-order valence-electron chi connectivity index (χ0n) is 9.73. The summed E-state index contributed by atoms with van der Waals surface area (Å²) in [4.78, 5) is 2.65. The predicted molar refractivity (Wildman–Crippen MR) is 62.7 cm³/mol. The van der Waals surface area contributed by atoms with Crippen molar-refractivity contribution >= 4 is 0 Å². The van der Waals surface area contributed by atoms with Crippen molar-refractivity contribution in [2.24, 2.45) is 0 Å². The molecule has 2 nitrogen and oxygen atoms in total. The molecule has 1 heterocycles. The first kappa shape index (κ1) is 12.0. The van der Waals surface area contributed by atoms with E-state index in [0.717, 1.165) is 0 Å². The molecule has 14 heavy (non-hydrogen) atoms. The van der Waals surface area contributed by atoms with Crippen molar-refractivity contribution in [2.75, 3.05) is 32.7 Å². The Morgan fingerprint density at radius 3 is 2.36 bits per heavy atom. The molecule has 0 saturated carbocycles. The molecule has 1 saturated heterocycles. The molecule has 0 radical (unpaired) electrons. The van der Waals surface area contributed by atoms with Gasteiger partial charge in [-0.15, -0.1) is 0 Å². The molecule has 1 N–H and O–H groups in total. The first-order valence-corrected chi connectivity index (χ1v) is 6.36. The van der Waals surface area contributed by atoms with E-state index in [2.05, 4.69) is 17.1 Å². The van der Waals surface area contributed by atoms with E-state index in [4.69, 9.17) is 0 Å². The maximum atomic E-state index is 3.46. The zero-order valence-corrected chi connectivity index (χ0v) is 9.73. The van der Waals surface area contributed by atoms with Gasteiger partial charge in [0.05, 0.1) is 0 Å². The van der Waals surface area contributed by atoms with Gasteiger partial charge in [-0.1, -0.05) is 26.2 Å². The van der Waals surface area contributed by atoms with E-state index in [9.17, 15) is 0 Å². The SMILES string of the molecule is CCCCCCN1CCCNCCC1. The average Bonchev–Trinajstić information content (AvgIpc) is 2.15. The highest BCUT2D eigenvalue weighted by Gasteiger charge is 2.06. The third-order valence-electron chi connectivity index (χ3n) is 2.98. The van der Waals surface area contributed by atoms with Gasteiger partial charge in [0.25, 0.3) is 0 Å². The van der Waals surface area contributed by atoms with Gasteiger partial charge in [0.2, 0.25) is 0 Å². The Hall–Kier alpha value is -0.0800. The van der Waals surface area contributed by atoms with E-state index in [1.165, 1.54) is 71.2 Å². The van der Waals surface area contributed by atoms with Crippen LogP contribution in [-0.4, -0.2) is 37.6 Å². The third kappa shape index (κ3) is 5.61. The van der Waals surface area contributed by atoms with Gasteiger partial charge in [-0.05, 0) is 52.0 Å². The standard InChI is InChI=1S/C12H26N2/c1-2-3-4-5-10-14-11-6-8-13-9-7-12-14/h13H,2-12H2,1H3. The maximum Gasteiger partial charge on any atom is -0.000663 e. The van der Waals surface area contributed by atoms with Crippen molar-refractivity contribution in [1.29, 1.82) is 0 Å². The summed E-state index contributed by atoms with van der Waals surface area (Å²) < 4.78 is 0. The molecule has 2 heteroatoms. The van der Waals surface area contributed by atoms with Crippen LogP contribution in [0.1, 0.15) is 45.4 Å². The number of rotatable bonds is 5. The number of nitrogens with zero attached hydrogens (tertiary/aromatic N) is 1. The largest absolute Gasteiger partial charge is 0.317 e. The Bertz CT molecular complexity index is 117. The molecular weight excluding hydrogens is 172 g/mol. The number of hydrogen-bond acceptors (Lipinski definition) is 2. The molecule has 1 rings (SSSR count). The summed E-state index contributed by atoms with van der Waals surface area (Å²) in [5.41, 5.74) is 0. The Labute approximate surface area is 89.1 Å². The van der Waals surface area contributed by atoms with E-state index in [1.54, 1.807) is 0 Å². The first-order chi connectivity index (χ1) is 6.93. The quantitative estimate of drug-likeness (QED) is 0.682. The van der Waals surface area contributed by atoms with E-state index < -0.39 is 0 Å². The second-order valence-electron chi connectivity index (χ2n) is 4.36. The van der Waals surface area contributed by atoms with Crippen LogP contribution in [0.2, 0.25) is 0 Å². The molecule has 0 aromatic rings. The third-order valence-corrected chi connectivity index (χ3v) is 2.98. The van der Waals surface area contributed by atoms with Crippen molar-refractivity contribution in [3.8, 4) is 0 Å². The summed E-state index contributed by atoms with van der Waals surface area (Å²) in [6.07, 6.45) is 8.24. The van der Waals surface area contributed by atoms with Gasteiger partial charge < -0.3 is 10.2 Å². The van der Waals surface area contributed by atoms with Crippen LogP contribution in [0, 0.1) is 0 Å². The van der Waals surface area contributed by atoms with E-state index in [0.29, 0.717) is 0 Å². The lowest BCUT2D eigenvalue weighted by molar-refractivity contribution is 0.247. The van der Waals surface area contributed by atoms with Gasteiger partial charge in [0, 0.05) is 0 Å². The highest BCUT2D eigenvalue weighted by Crippen LogP contribution is 2.03. The molecule has 0 bridgehead atoms. The van der Waals surface area contributed by atoms with Gasteiger partial charge in [0.1, 0.15) is 0 Å². The monoisotopic (exact) mass is 198 g/mol. The van der Waals surface area contributed by atoms with Crippen LogP contribution in [-0.2, 0) is 0 Å². The minimum Gasteiger partial charge on any atom is -0.317 e. The van der Waals surface area contributed by atoms with E-state index >= 15 is 0 Å². The van der Waals surface area contributed by atoms with Crippen LogP contribution in [0.15, 0.2) is 0 Å². The smallest absolute Gasteiger partial charge is 0.000663 e. The Kier molecular flexibility index (Phi) is 7.06. The number of unbranched alkanes of at least 4 members (excludes halogenated alkanes) is 3. The molecule has 0 amide bonds. The zero-order chi connectivity index (χ0) is 10.1. The van der Waals surface area contributed by atoms with Crippen molar-refractivity contribution in [2.45, 2.75) is 45.4 Å². The highest BCUT2D eigenvalue weighted by atomic mass is 15.1. The average molecular weight is 198 g/mol. The van der Waals surface area contributed by atoms with Gasteiger partial charge >= 0.3 is 0 Å². The molecule has 0 aromatic carbocycles. The summed E-state index contributed by atoms with van der Waals surface area (Å²) in [5, 5.41) is 3.46. The summed E-state index contributed by atoms with van der Waals surface area (Å²) in [6.45, 7) is 8.65. The molecule has 0 spiro atoms. The first-order valence-electron chi connectivity index (χ1n) is 6.36. The molecule has 0 unspecified atom stereocenters. The lowest BCUT2D eigenvalue weighted by atomic mass is 10.2. The fourth-order valence-corrected chi connectivity index (χ4v) is 2.08. The molecule has 84 valence electrons. The van der Waals surface area contributed by atoms with Gasteiger partial charge in [0.15, 0.2) is 0 Å². The minimum absolute atomic E-state index is 1.21. The van der Waals surface area contributed by atoms with Crippen molar-refractivity contribution in [3.05, 3.63) is 0 Å². The molecule has 0 atom stereocenters. The fourth-order valence-electron chi connectivity index (χ4n) is 2.08. The van der Waals surface area contributed by atoms with Gasteiger partial charge in [-0.25, -0.2) is 0 Å². The molecule has 0 aromatic heterocycles. The molecule has 1 aliphatic heterocycles. The summed E-state index contributed by atoms with van der Waals surface area (Å²) in [5.74, 6) is 0. The summed E-state index contributed by atoms with van der Waals surface area (Å²) in [7, 11) is 0. The van der Waals surface area contributed by atoms with Crippen LogP contribution >= 0.6 is 0 Å². The van der Waals surface area contributed by atoms with Crippen LogP contribution in [0.3, 0.4) is 0 Å². The molecular formula is C12H26N2. The van der Waals surface area contributed by atoms with Crippen LogP contribution in [0.5, 0.6) is 0 Å². The predicted octanol–water partition coefficient (Wildman–Crippen LogP) is 2.25. The normalized spacial score (nSPS) is 20.4. The van der Waals surface area contributed by atoms with Crippen molar-refractivity contribution < 1.29 is 0 Å². The second-order valence-corrected chi connectivity index (χ2v) is 4.36. The molecule has 0 aliphatic carbocycles. The minimum atomic E-state index is 1.21. The summed E-state index contributed by atoms with van der Waals surface area (Å²) in [6, 6.07) is 0. The van der Waals surface area contributed by atoms with Crippen molar-refractivity contribution in [3.63, 3.8) is 0 Å². The lowest BCUT2D eigenvalue weighted by Crippen LogP contribution is -2.34. The Morgan fingerprint density at radius 2 is 1.71 bits per heavy atom. The Morgan fingerprint density at radius 1 is 1.00 bits per heavy atom. The van der Waals surface area contributed by atoms with Gasteiger partial charge in [-0.2, -0.15) is 0 Å².